The van der Waals surface area contributed by atoms with Gasteiger partial charge in [0.25, 0.3) is 0 Å². The number of nitrogens with two attached hydrogens (primary N) is 1. The Morgan fingerprint density at radius 3 is 2.95 bits per heavy atom. The molecule has 2 heterocycles. The van der Waals surface area contributed by atoms with Crippen molar-refractivity contribution < 1.29 is 4.42 Å². The van der Waals surface area contributed by atoms with Gasteiger partial charge in [-0.25, -0.2) is 0 Å². The molecule has 4 heteroatoms. The average Bonchev–Trinajstić information content (AvgIpc) is 2.92. The zero-order valence-corrected chi connectivity index (χ0v) is 12.4. The number of piperidine rings is 1. The summed E-state index contributed by atoms with van der Waals surface area (Å²) in [5.41, 5.74) is 6.34. The molecule has 19 heavy (non-hydrogen) atoms. The van der Waals surface area contributed by atoms with Gasteiger partial charge in [0.05, 0.1) is 12.3 Å². The fourth-order valence-corrected chi connectivity index (χ4v) is 3.10. The Kier molecular flexibility index (Phi) is 5.02. The number of nitrogens with zero attached hydrogens (tertiary/aromatic N) is 2. The van der Waals surface area contributed by atoms with Crippen LogP contribution >= 0.6 is 0 Å². The first-order chi connectivity index (χ1) is 9.13. The molecule has 0 saturated carbocycles. The van der Waals surface area contributed by atoms with E-state index in [1.165, 1.54) is 19.4 Å². The standard InChI is InChI=1S/C15H27N3O/c1-4-13(16)15(14-8-6-10-19-14)18(3)12-7-5-9-17(2)11-12/h6,8,10,12-13,15H,4-5,7,9,11,16H2,1-3H3. The number of hydrogen-bond donors (Lipinski definition) is 1. The van der Waals surface area contributed by atoms with Crippen molar-refractivity contribution >= 4 is 0 Å². The fourth-order valence-electron chi connectivity index (χ4n) is 3.10. The van der Waals surface area contributed by atoms with Crippen molar-refractivity contribution in [2.75, 3.05) is 27.2 Å². The van der Waals surface area contributed by atoms with Crippen LogP contribution in [0.2, 0.25) is 0 Å². The SMILES string of the molecule is CCC(N)C(c1ccco1)N(C)C1CCCN(C)C1. The normalized spacial score (nSPS) is 24.6. The quantitative estimate of drug-likeness (QED) is 0.885. The first-order valence-corrected chi connectivity index (χ1v) is 7.33. The van der Waals surface area contributed by atoms with Crippen molar-refractivity contribution in [3.8, 4) is 0 Å². The highest BCUT2D eigenvalue weighted by Gasteiger charge is 2.31. The lowest BCUT2D eigenvalue weighted by atomic mass is 9.97. The number of likely N-dealkylation sites (tertiary alicyclic amines) is 1. The molecular formula is C15H27N3O. The van der Waals surface area contributed by atoms with Crippen LogP contribution in [-0.2, 0) is 0 Å². The molecule has 108 valence electrons. The lowest BCUT2D eigenvalue weighted by Crippen LogP contribution is -2.50. The molecule has 1 fully saturated rings. The smallest absolute Gasteiger partial charge is 0.122 e. The molecule has 0 amide bonds. The van der Waals surface area contributed by atoms with Crippen molar-refractivity contribution in [3.63, 3.8) is 0 Å². The second-order valence-electron chi connectivity index (χ2n) is 5.76. The number of furan rings is 1. The van der Waals surface area contributed by atoms with Gasteiger partial charge in [-0.3, -0.25) is 4.90 Å². The summed E-state index contributed by atoms with van der Waals surface area (Å²) in [5, 5.41) is 0. The minimum Gasteiger partial charge on any atom is -0.468 e. The third-order valence-corrected chi connectivity index (χ3v) is 4.33. The third kappa shape index (κ3) is 3.38. The molecule has 2 N–H and O–H groups in total. The van der Waals surface area contributed by atoms with E-state index in [9.17, 15) is 0 Å². The Bertz CT molecular complexity index is 365. The maximum atomic E-state index is 6.34. The lowest BCUT2D eigenvalue weighted by Gasteiger charge is -2.41. The molecule has 0 aromatic carbocycles. The van der Waals surface area contributed by atoms with Crippen LogP contribution in [0, 0.1) is 0 Å². The van der Waals surface area contributed by atoms with Crippen molar-refractivity contribution in [2.45, 2.75) is 44.3 Å². The highest BCUT2D eigenvalue weighted by molar-refractivity contribution is 5.08. The maximum Gasteiger partial charge on any atom is 0.122 e. The van der Waals surface area contributed by atoms with Gasteiger partial charge in [-0.05, 0) is 52.0 Å². The van der Waals surface area contributed by atoms with Gasteiger partial charge < -0.3 is 15.1 Å². The molecule has 1 aliphatic rings. The summed E-state index contributed by atoms with van der Waals surface area (Å²) in [6, 6.07) is 4.85. The summed E-state index contributed by atoms with van der Waals surface area (Å²) in [5.74, 6) is 0.991. The second-order valence-corrected chi connectivity index (χ2v) is 5.76. The summed E-state index contributed by atoms with van der Waals surface area (Å²) in [7, 11) is 4.38. The third-order valence-electron chi connectivity index (χ3n) is 4.33. The molecule has 0 aliphatic carbocycles. The van der Waals surface area contributed by atoms with E-state index >= 15 is 0 Å². The zero-order valence-electron chi connectivity index (χ0n) is 12.4. The predicted molar refractivity (Wildman–Crippen MR) is 78.0 cm³/mol. The molecule has 3 atom stereocenters. The van der Waals surface area contributed by atoms with Crippen LogP contribution in [0.5, 0.6) is 0 Å². The molecule has 0 spiro atoms. The largest absolute Gasteiger partial charge is 0.468 e. The Balaban J connectivity index is 2.13. The number of rotatable bonds is 5. The summed E-state index contributed by atoms with van der Waals surface area (Å²) in [6.07, 6.45) is 5.20. The number of likely N-dealkylation sites (N-methyl/N-ethyl adjacent to an activating group) is 2. The molecule has 0 radical (unpaired) electrons. The van der Waals surface area contributed by atoms with Gasteiger partial charge in [-0.15, -0.1) is 0 Å². The lowest BCUT2D eigenvalue weighted by molar-refractivity contribution is 0.0760. The van der Waals surface area contributed by atoms with E-state index < -0.39 is 0 Å². The van der Waals surface area contributed by atoms with Crippen molar-refractivity contribution in [1.82, 2.24) is 9.80 Å². The van der Waals surface area contributed by atoms with Gasteiger partial charge in [0.15, 0.2) is 0 Å². The maximum absolute atomic E-state index is 6.34. The van der Waals surface area contributed by atoms with Crippen molar-refractivity contribution in [3.05, 3.63) is 24.2 Å². The highest BCUT2D eigenvalue weighted by atomic mass is 16.3. The Hall–Kier alpha value is -0.840. The number of hydrogen-bond acceptors (Lipinski definition) is 4. The zero-order chi connectivity index (χ0) is 13.8. The van der Waals surface area contributed by atoms with Crippen molar-refractivity contribution in [2.24, 2.45) is 5.73 Å². The van der Waals surface area contributed by atoms with Crippen LogP contribution in [-0.4, -0.2) is 49.1 Å². The topological polar surface area (TPSA) is 45.6 Å². The van der Waals surface area contributed by atoms with E-state index in [0.717, 1.165) is 18.7 Å². The molecule has 1 aromatic rings. The minimum atomic E-state index is 0.114. The van der Waals surface area contributed by atoms with Crippen LogP contribution in [0.3, 0.4) is 0 Å². The second kappa shape index (κ2) is 6.55. The van der Waals surface area contributed by atoms with Gasteiger partial charge in [0.1, 0.15) is 5.76 Å². The van der Waals surface area contributed by atoms with E-state index in [1.807, 2.05) is 12.1 Å². The van der Waals surface area contributed by atoms with E-state index in [0.29, 0.717) is 6.04 Å². The Labute approximate surface area is 116 Å². The van der Waals surface area contributed by atoms with Gasteiger partial charge in [-0.2, -0.15) is 0 Å². The molecule has 1 aromatic heterocycles. The Morgan fingerprint density at radius 1 is 1.58 bits per heavy atom. The predicted octanol–water partition coefficient (Wildman–Crippen LogP) is 2.08. The van der Waals surface area contributed by atoms with E-state index in [2.05, 4.69) is 30.8 Å². The molecule has 3 unspecified atom stereocenters. The van der Waals surface area contributed by atoms with Gasteiger partial charge >= 0.3 is 0 Å². The summed E-state index contributed by atoms with van der Waals surface area (Å²) >= 11 is 0. The molecule has 2 rings (SSSR count). The summed E-state index contributed by atoms with van der Waals surface area (Å²) in [4.78, 5) is 4.82. The van der Waals surface area contributed by atoms with Crippen LogP contribution in [0.1, 0.15) is 38.0 Å². The van der Waals surface area contributed by atoms with Gasteiger partial charge in [0, 0.05) is 18.6 Å². The molecule has 4 nitrogen and oxygen atoms in total. The molecular weight excluding hydrogens is 238 g/mol. The first-order valence-electron chi connectivity index (χ1n) is 7.33. The van der Waals surface area contributed by atoms with Crippen LogP contribution in [0.25, 0.3) is 0 Å². The average molecular weight is 265 g/mol. The van der Waals surface area contributed by atoms with Crippen LogP contribution in [0.4, 0.5) is 0 Å². The summed E-state index contributed by atoms with van der Waals surface area (Å²) < 4.78 is 5.62. The van der Waals surface area contributed by atoms with Crippen molar-refractivity contribution in [1.29, 1.82) is 0 Å². The van der Waals surface area contributed by atoms with E-state index in [1.54, 1.807) is 6.26 Å². The van der Waals surface area contributed by atoms with E-state index in [-0.39, 0.29) is 12.1 Å². The molecule has 0 bridgehead atoms. The monoisotopic (exact) mass is 265 g/mol. The summed E-state index contributed by atoms with van der Waals surface area (Å²) in [6.45, 7) is 4.46. The van der Waals surface area contributed by atoms with E-state index in [4.69, 9.17) is 10.2 Å². The fraction of sp³-hybridized carbons (Fsp3) is 0.733. The van der Waals surface area contributed by atoms with Gasteiger partial charge in [-0.1, -0.05) is 6.92 Å². The first kappa shape index (κ1) is 14.6. The van der Waals surface area contributed by atoms with Gasteiger partial charge in [0.2, 0.25) is 0 Å². The highest BCUT2D eigenvalue weighted by Crippen LogP contribution is 2.28. The minimum absolute atomic E-state index is 0.114. The Morgan fingerprint density at radius 2 is 2.37 bits per heavy atom. The van der Waals surface area contributed by atoms with Crippen LogP contribution < -0.4 is 5.73 Å². The molecule has 1 saturated heterocycles. The van der Waals surface area contributed by atoms with Crippen LogP contribution in [0.15, 0.2) is 22.8 Å². The molecule has 1 aliphatic heterocycles.